The van der Waals surface area contributed by atoms with Crippen molar-refractivity contribution in [3.8, 4) is 22.4 Å². The minimum absolute atomic E-state index is 0.392. The maximum atomic E-state index is 12.3. The molecule has 0 aliphatic heterocycles. The largest absolute Gasteiger partial charge is 0.464 e. The molecule has 1 aliphatic carbocycles. The molecule has 4 nitrogen and oxygen atoms in total. The smallest absolute Gasteiger partial charge is 0.355 e. The molecule has 4 rings (SSSR count). The highest BCUT2D eigenvalue weighted by atomic mass is 35.5. The van der Waals surface area contributed by atoms with Gasteiger partial charge < -0.3 is 9.72 Å². The van der Waals surface area contributed by atoms with Crippen molar-refractivity contribution in [1.29, 1.82) is 0 Å². The molecule has 2 aromatic heterocycles. The van der Waals surface area contributed by atoms with E-state index in [1.54, 1.807) is 12.4 Å². The van der Waals surface area contributed by atoms with Crippen LogP contribution in [0.2, 0.25) is 5.02 Å². The molecular weight excluding hydrogens is 324 g/mol. The number of benzene rings is 1. The second-order valence-electron chi connectivity index (χ2n) is 5.77. The van der Waals surface area contributed by atoms with Crippen LogP contribution in [0.4, 0.5) is 0 Å². The van der Waals surface area contributed by atoms with E-state index in [1.807, 2.05) is 18.2 Å². The van der Waals surface area contributed by atoms with E-state index in [4.69, 9.17) is 16.3 Å². The first-order valence-electron chi connectivity index (χ1n) is 7.71. The maximum absolute atomic E-state index is 12.3. The number of esters is 1. The predicted octanol–water partition coefficient (Wildman–Crippen LogP) is 4.28. The summed E-state index contributed by atoms with van der Waals surface area (Å²) in [5, 5.41) is 0.537. The maximum Gasteiger partial charge on any atom is 0.355 e. The number of aryl methyl sites for hydroxylation is 1. The van der Waals surface area contributed by atoms with Gasteiger partial charge in [0.2, 0.25) is 0 Å². The summed E-state index contributed by atoms with van der Waals surface area (Å²) in [7, 11) is 1.39. The molecule has 0 fully saturated rings. The van der Waals surface area contributed by atoms with E-state index < -0.39 is 5.97 Å². The number of carbonyl (C=O) groups is 1. The van der Waals surface area contributed by atoms with Crippen molar-refractivity contribution in [2.24, 2.45) is 0 Å². The molecule has 2 heterocycles. The third-order valence-corrected chi connectivity index (χ3v) is 4.62. The number of methoxy groups -OCH3 is 1. The number of fused-ring (bicyclic) bond motifs is 3. The lowest BCUT2D eigenvalue weighted by Gasteiger charge is -2.17. The molecule has 0 saturated carbocycles. The van der Waals surface area contributed by atoms with E-state index in [1.165, 1.54) is 12.7 Å². The third kappa shape index (κ3) is 2.31. The van der Waals surface area contributed by atoms with Crippen molar-refractivity contribution in [3.63, 3.8) is 0 Å². The Labute approximate surface area is 144 Å². The van der Waals surface area contributed by atoms with E-state index in [-0.39, 0.29) is 0 Å². The van der Waals surface area contributed by atoms with Crippen molar-refractivity contribution < 1.29 is 9.53 Å². The summed E-state index contributed by atoms with van der Waals surface area (Å²) in [5.41, 5.74) is 6.60. The molecule has 24 heavy (non-hydrogen) atoms. The molecule has 5 heteroatoms. The molecular formula is C19H15ClN2O2. The molecule has 0 amide bonds. The number of carbonyl (C=O) groups excluding carboxylic acids is 1. The van der Waals surface area contributed by atoms with Gasteiger partial charge in [-0.25, -0.2) is 4.79 Å². The molecule has 0 bridgehead atoms. The third-order valence-electron chi connectivity index (χ3n) is 4.42. The van der Waals surface area contributed by atoms with Crippen molar-refractivity contribution in [3.05, 3.63) is 64.6 Å². The highest BCUT2D eigenvalue weighted by Gasteiger charge is 2.28. The van der Waals surface area contributed by atoms with Gasteiger partial charge in [-0.1, -0.05) is 35.9 Å². The van der Waals surface area contributed by atoms with Crippen LogP contribution >= 0.6 is 11.6 Å². The zero-order valence-electron chi connectivity index (χ0n) is 13.1. The lowest BCUT2D eigenvalue weighted by Crippen LogP contribution is -2.04. The molecule has 0 saturated heterocycles. The van der Waals surface area contributed by atoms with Crippen LogP contribution in [0, 0.1) is 0 Å². The SMILES string of the molecule is COC(=O)c1[nH]c2c(c1-c1cncc(Cl)c1)CCc1ccccc1-2. The Kier molecular flexibility index (Phi) is 3.62. The van der Waals surface area contributed by atoms with Crippen molar-refractivity contribution >= 4 is 17.6 Å². The van der Waals surface area contributed by atoms with Gasteiger partial charge in [-0.05, 0) is 30.0 Å². The molecule has 0 spiro atoms. The van der Waals surface area contributed by atoms with Crippen molar-refractivity contribution in [2.75, 3.05) is 7.11 Å². The molecule has 1 aromatic carbocycles. The number of pyridine rings is 1. The van der Waals surface area contributed by atoms with Gasteiger partial charge >= 0.3 is 5.97 Å². The van der Waals surface area contributed by atoms with Crippen LogP contribution in [-0.4, -0.2) is 23.0 Å². The van der Waals surface area contributed by atoms with Crippen LogP contribution in [-0.2, 0) is 17.6 Å². The van der Waals surface area contributed by atoms with Gasteiger partial charge in [0.05, 0.1) is 17.8 Å². The lowest BCUT2D eigenvalue weighted by atomic mass is 9.87. The molecule has 120 valence electrons. The van der Waals surface area contributed by atoms with Gasteiger partial charge in [-0.15, -0.1) is 0 Å². The fourth-order valence-corrected chi connectivity index (χ4v) is 3.56. The predicted molar refractivity (Wildman–Crippen MR) is 93.2 cm³/mol. The van der Waals surface area contributed by atoms with Gasteiger partial charge in [0.25, 0.3) is 0 Å². The zero-order valence-corrected chi connectivity index (χ0v) is 13.9. The van der Waals surface area contributed by atoms with Gasteiger partial charge in [-0.2, -0.15) is 0 Å². The summed E-state index contributed by atoms with van der Waals surface area (Å²) in [6.45, 7) is 0. The van der Waals surface area contributed by atoms with E-state index in [2.05, 4.69) is 22.1 Å². The monoisotopic (exact) mass is 338 g/mol. The molecule has 3 aromatic rings. The Morgan fingerprint density at radius 3 is 2.88 bits per heavy atom. The number of nitrogens with zero attached hydrogens (tertiary/aromatic N) is 1. The average molecular weight is 339 g/mol. The first-order valence-corrected chi connectivity index (χ1v) is 8.09. The fourth-order valence-electron chi connectivity index (χ4n) is 3.38. The molecule has 0 unspecified atom stereocenters. The topological polar surface area (TPSA) is 55.0 Å². The van der Waals surface area contributed by atoms with E-state index in [0.29, 0.717) is 10.7 Å². The van der Waals surface area contributed by atoms with Crippen molar-refractivity contribution in [1.82, 2.24) is 9.97 Å². The fraction of sp³-hybridized carbons (Fsp3) is 0.158. The zero-order chi connectivity index (χ0) is 16.7. The highest BCUT2D eigenvalue weighted by molar-refractivity contribution is 6.30. The Hall–Kier alpha value is -2.59. The normalized spacial score (nSPS) is 12.4. The number of halogens is 1. The number of aromatic nitrogens is 2. The number of rotatable bonds is 2. The summed E-state index contributed by atoms with van der Waals surface area (Å²) in [6.07, 6.45) is 5.09. The summed E-state index contributed by atoms with van der Waals surface area (Å²) in [4.78, 5) is 19.8. The minimum atomic E-state index is -0.392. The Bertz CT molecular complexity index is 946. The number of hydrogen-bond acceptors (Lipinski definition) is 3. The van der Waals surface area contributed by atoms with Crippen LogP contribution in [0.15, 0.2) is 42.7 Å². The van der Waals surface area contributed by atoms with Gasteiger partial charge in [0, 0.05) is 29.1 Å². The standard InChI is InChI=1S/C19H15ClN2O2/c1-24-19(23)18-16(12-8-13(20)10-21-9-12)15-7-6-11-4-2-3-5-14(11)17(15)22-18/h2-5,8-10,22H,6-7H2,1H3. The number of H-pyrrole nitrogens is 1. The van der Waals surface area contributed by atoms with Crippen LogP contribution in [0.3, 0.4) is 0 Å². The first kappa shape index (κ1) is 15.0. The summed E-state index contributed by atoms with van der Waals surface area (Å²) < 4.78 is 4.97. The number of aromatic amines is 1. The molecule has 0 atom stereocenters. The lowest BCUT2D eigenvalue weighted by molar-refractivity contribution is 0.0596. The van der Waals surface area contributed by atoms with E-state index >= 15 is 0 Å². The van der Waals surface area contributed by atoms with Crippen LogP contribution in [0.25, 0.3) is 22.4 Å². The molecule has 1 aliphatic rings. The van der Waals surface area contributed by atoms with E-state index in [0.717, 1.165) is 40.8 Å². The van der Waals surface area contributed by atoms with Gasteiger partial charge in [-0.3, -0.25) is 4.98 Å². The summed E-state index contributed by atoms with van der Waals surface area (Å²) in [6, 6.07) is 10.1. The number of hydrogen-bond donors (Lipinski definition) is 1. The highest BCUT2D eigenvalue weighted by Crippen LogP contribution is 2.41. The molecule has 0 radical (unpaired) electrons. The van der Waals surface area contributed by atoms with Crippen LogP contribution in [0.5, 0.6) is 0 Å². The van der Waals surface area contributed by atoms with Gasteiger partial charge in [0.1, 0.15) is 5.69 Å². The summed E-state index contributed by atoms with van der Waals surface area (Å²) in [5.74, 6) is -0.392. The second kappa shape index (κ2) is 5.80. The Morgan fingerprint density at radius 2 is 2.08 bits per heavy atom. The number of ether oxygens (including phenoxy) is 1. The van der Waals surface area contributed by atoms with Crippen LogP contribution in [0.1, 0.15) is 21.6 Å². The molecule has 1 N–H and O–H groups in total. The first-order chi connectivity index (χ1) is 11.7. The Morgan fingerprint density at radius 1 is 1.25 bits per heavy atom. The quantitative estimate of drug-likeness (QED) is 0.709. The average Bonchev–Trinajstić information content (AvgIpc) is 3.01. The second-order valence-corrected chi connectivity index (χ2v) is 6.21. The summed E-state index contributed by atoms with van der Waals surface area (Å²) >= 11 is 6.10. The van der Waals surface area contributed by atoms with Crippen molar-refractivity contribution in [2.45, 2.75) is 12.8 Å². The van der Waals surface area contributed by atoms with Crippen LogP contribution < -0.4 is 0 Å². The Balaban J connectivity index is 2.00. The minimum Gasteiger partial charge on any atom is -0.464 e. The van der Waals surface area contributed by atoms with E-state index in [9.17, 15) is 4.79 Å². The van der Waals surface area contributed by atoms with Gasteiger partial charge in [0.15, 0.2) is 0 Å². The number of nitrogens with one attached hydrogen (secondary N) is 1.